The van der Waals surface area contributed by atoms with Crippen LogP contribution in [-0.2, 0) is 16.3 Å². The van der Waals surface area contributed by atoms with Crippen LogP contribution in [-0.4, -0.2) is 19.7 Å². The lowest BCUT2D eigenvalue weighted by molar-refractivity contribution is -0.137. The Bertz CT molecular complexity index is 1150. The molecule has 0 bridgehead atoms. The van der Waals surface area contributed by atoms with Crippen molar-refractivity contribution in [3.05, 3.63) is 95.1 Å². The fourth-order valence-electron chi connectivity index (χ4n) is 4.55. The van der Waals surface area contributed by atoms with Gasteiger partial charge in [0.1, 0.15) is 0 Å². The summed E-state index contributed by atoms with van der Waals surface area (Å²) in [5.74, 6) is 0. The molecule has 3 nitrogen and oxygen atoms in total. The number of ether oxygens (including phenoxy) is 1. The number of nitrogens with one attached hydrogen (secondary N) is 1. The molecule has 34 heavy (non-hydrogen) atoms. The average molecular weight is 465 g/mol. The first-order valence-electron chi connectivity index (χ1n) is 11.4. The highest BCUT2D eigenvalue weighted by Crippen LogP contribution is 2.38. The third kappa shape index (κ3) is 5.32. The van der Waals surface area contributed by atoms with Gasteiger partial charge in [0.25, 0.3) is 0 Å². The van der Waals surface area contributed by atoms with Gasteiger partial charge >= 0.3 is 6.18 Å². The van der Waals surface area contributed by atoms with E-state index in [2.05, 4.69) is 17.4 Å². The van der Waals surface area contributed by atoms with Crippen LogP contribution in [0.4, 0.5) is 13.2 Å². The monoisotopic (exact) mass is 464 g/mol. The molecule has 0 aromatic heterocycles. The highest BCUT2D eigenvalue weighted by molar-refractivity contribution is 5.66. The molecule has 1 heterocycles. The molecule has 1 aliphatic rings. The normalized spacial score (nSPS) is 16.6. The summed E-state index contributed by atoms with van der Waals surface area (Å²) in [6.07, 6.45) is -3.18. The molecule has 0 saturated carbocycles. The summed E-state index contributed by atoms with van der Waals surface area (Å²) in [6.45, 7) is 3.98. The van der Waals surface area contributed by atoms with Crippen molar-refractivity contribution in [3.8, 4) is 17.2 Å². The Morgan fingerprint density at radius 3 is 2.26 bits per heavy atom. The highest BCUT2D eigenvalue weighted by atomic mass is 19.4. The van der Waals surface area contributed by atoms with Gasteiger partial charge in [0.05, 0.1) is 29.9 Å². The number of rotatable bonds is 6. The van der Waals surface area contributed by atoms with Gasteiger partial charge in [-0.2, -0.15) is 18.4 Å². The number of piperidine rings is 1. The molecule has 1 saturated heterocycles. The van der Waals surface area contributed by atoms with Crippen molar-refractivity contribution >= 4 is 0 Å². The van der Waals surface area contributed by atoms with Crippen molar-refractivity contribution in [1.29, 1.82) is 5.26 Å². The molecule has 0 aliphatic carbocycles. The van der Waals surface area contributed by atoms with Crippen LogP contribution >= 0.6 is 0 Å². The molecule has 1 fully saturated rings. The van der Waals surface area contributed by atoms with Crippen LogP contribution in [0.2, 0.25) is 0 Å². The van der Waals surface area contributed by atoms with E-state index in [1.165, 1.54) is 11.6 Å². The lowest BCUT2D eigenvalue weighted by Crippen LogP contribution is -2.43. The van der Waals surface area contributed by atoms with E-state index in [1.807, 2.05) is 24.3 Å². The van der Waals surface area contributed by atoms with E-state index >= 15 is 0 Å². The van der Waals surface area contributed by atoms with Crippen molar-refractivity contribution in [2.75, 3.05) is 19.7 Å². The molecule has 1 aliphatic heterocycles. The standard InChI is InChI=1S/C28H27F3N2O/c1-20(34-19-27(11-13-33-14-12-27)25-5-3-2-4-6-25)23-15-24(17-26(16-23)28(29,30)31)22-9-7-21(18-32)8-10-22/h2-10,15-17,20,33H,11-14,19H2,1H3. The quantitative estimate of drug-likeness (QED) is 0.445. The molecule has 1 atom stereocenters. The van der Waals surface area contributed by atoms with E-state index in [-0.39, 0.29) is 5.41 Å². The van der Waals surface area contributed by atoms with Crippen molar-refractivity contribution in [3.63, 3.8) is 0 Å². The molecule has 6 heteroatoms. The molecular formula is C28H27F3N2O. The van der Waals surface area contributed by atoms with Crippen LogP contribution < -0.4 is 5.32 Å². The van der Waals surface area contributed by atoms with Crippen LogP contribution in [0.15, 0.2) is 72.8 Å². The molecule has 176 valence electrons. The molecule has 1 unspecified atom stereocenters. The summed E-state index contributed by atoms with van der Waals surface area (Å²) in [4.78, 5) is 0. The minimum absolute atomic E-state index is 0.168. The SMILES string of the molecule is CC(OCC1(c2ccccc2)CCNCC1)c1cc(-c2ccc(C#N)cc2)cc(C(F)(F)F)c1. The van der Waals surface area contributed by atoms with Gasteiger partial charge in [-0.25, -0.2) is 0 Å². The maximum atomic E-state index is 13.7. The minimum Gasteiger partial charge on any atom is -0.373 e. The van der Waals surface area contributed by atoms with Crippen molar-refractivity contribution in [1.82, 2.24) is 5.32 Å². The highest BCUT2D eigenvalue weighted by Gasteiger charge is 2.35. The van der Waals surface area contributed by atoms with E-state index in [0.717, 1.165) is 32.0 Å². The second kappa shape index (κ2) is 10.0. The lowest BCUT2D eigenvalue weighted by atomic mass is 9.74. The van der Waals surface area contributed by atoms with Gasteiger partial charge in [-0.3, -0.25) is 0 Å². The zero-order chi connectivity index (χ0) is 24.2. The Balaban J connectivity index is 1.62. The number of halogens is 3. The Kier molecular flexibility index (Phi) is 7.06. The van der Waals surface area contributed by atoms with E-state index < -0.39 is 17.8 Å². The molecule has 3 aromatic rings. The molecule has 3 aromatic carbocycles. The van der Waals surface area contributed by atoms with Gasteiger partial charge in [-0.05, 0) is 85.4 Å². The van der Waals surface area contributed by atoms with E-state index in [9.17, 15) is 13.2 Å². The predicted molar refractivity (Wildman–Crippen MR) is 126 cm³/mol. The molecule has 1 N–H and O–H groups in total. The van der Waals surface area contributed by atoms with Gasteiger partial charge in [0.2, 0.25) is 0 Å². The van der Waals surface area contributed by atoms with Gasteiger partial charge in [0.15, 0.2) is 0 Å². The first-order valence-corrected chi connectivity index (χ1v) is 11.4. The number of hydrogen-bond acceptors (Lipinski definition) is 3. The van der Waals surface area contributed by atoms with Crippen LogP contribution in [0.5, 0.6) is 0 Å². The van der Waals surface area contributed by atoms with Gasteiger partial charge < -0.3 is 10.1 Å². The van der Waals surface area contributed by atoms with Crippen LogP contribution in [0.3, 0.4) is 0 Å². The van der Waals surface area contributed by atoms with Gasteiger partial charge in [0, 0.05) is 5.41 Å². The van der Waals surface area contributed by atoms with Gasteiger partial charge in [-0.1, -0.05) is 42.5 Å². The first kappa shape index (κ1) is 24.0. The van der Waals surface area contributed by atoms with Gasteiger partial charge in [-0.15, -0.1) is 0 Å². The van der Waals surface area contributed by atoms with Crippen LogP contribution in [0.1, 0.15) is 48.1 Å². The fraction of sp³-hybridized carbons (Fsp3) is 0.321. The summed E-state index contributed by atoms with van der Waals surface area (Å²) >= 11 is 0. The van der Waals surface area contributed by atoms with E-state index in [1.54, 1.807) is 37.3 Å². The third-order valence-corrected chi connectivity index (χ3v) is 6.66. The summed E-state index contributed by atoms with van der Waals surface area (Å²) in [5, 5.41) is 12.4. The summed E-state index contributed by atoms with van der Waals surface area (Å²) in [6, 6.07) is 22.9. The third-order valence-electron chi connectivity index (χ3n) is 6.66. The summed E-state index contributed by atoms with van der Waals surface area (Å²) in [7, 11) is 0. The number of hydrogen-bond donors (Lipinski definition) is 1. The van der Waals surface area contributed by atoms with Crippen molar-refractivity contribution < 1.29 is 17.9 Å². The zero-order valence-corrected chi connectivity index (χ0v) is 19.0. The second-order valence-corrected chi connectivity index (χ2v) is 8.88. The Hall–Kier alpha value is -3.14. The molecule has 0 radical (unpaired) electrons. The average Bonchev–Trinajstić information content (AvgIpc) is 2.87. The molecule has 0 spiro atoms. The number of nitrogens with zero attached hydrogens (tertiary/aromatic N) is 1. The minimum atomic E-state index is -4.47. The lowest BCUT2D eigenvalue weighted by Gasteiger charge is -2.38. The van der Waals surface area contributed by atoms with Crippen LogP contribution in [0, 0.1) is 11.3 Å². The van der Waals surface area contributed by atoms with E-state index in [4.69, 9.17) is 10.00 Å². The van der Waals surface area contributed by atoms with Crippen molar-refractivity contribution in [2.45, 2.75) is 37.5 Å². The number of benzene rings is 3. The van der Waals surface area contributed by atoms with Crippen molar-refractivity contribution in [2.24, 2.45) is 0 Å². The first-order chi connectivity index (χ1) is 16.3. The fourth-order valence-corrected chi connectivity index (χ4v) is 4.55. The predicted octanol–water partition coefficient (Wildman–Crippen LogP) is 6.64. The summed E-state index contributed by atoms with van der Waals surface area (Å²) < 4.78 is 47.4. The maximum absolute atomic E-state index is 13.7. The number of alkyl halides is 3. The smallest absolute Gasteiger partial charge is 0.373 e. The van der Waals surface area contributed by atoms with Crippen LogP contribution in [0.25, 0.3) is 11.1 Å². The Labute approximate surface area is 198 Å². The zero-order valence-electron chi connectivity index (χ0n) is 19.0. The molecule has 0 amide bonds. The number of nitriles is 1. The second-order valence-electron chi connectivity index (χ2n) is 8.88. The Morgan fingerprint density at radius 1 is 0.971 bits per heavy atom. The molecular weight excluding hydrogens is 437 g/mol. The largest absolute Gasteiger partial charge is 0.416 e. The van der Waals surface area contributed by atoms with E-state index in [0.29, 0.717) is 28.9 Å². The molecule has 4 rings (SSSR count). The Morgan fingerprint density at radius 2 is 1.65 bits per heavy atom. The summed E-state index contributed by atoms with van der Waals surface area (Å²) in [5.41, 5.74) is 2.33. The topological polar surface area (TPSA) is 45.0 Å². The maximum Gasteiger partial charge on any atom is 0.416 e.